The number of fused-ring (bicyclic) bond motifs is 1. The maximum absolute atomic E-state index is 6.28. The van der Waals surface area contributed by atoms with Crippen molar-refractivity contribution < 1.29 is 23.7 Å². The molecule has 146 valence electrons. The minimum atomic E-state index is -0.627. The van der Waals surface area contributed by atoms with Crippen LogP contribution in [0.1, 0.15) is 33.3 Å². The van der Waals surface area contributed by atoms with Gasteiger partial charge in [0.15, 0.2) is 11.6 Å². The first-order valence-electron chi connectivity index (χ1n) is 9.56. The molecule has 0 saturated carbocycles. The Balaban J connectivity index is 1.46. The van der Waals surface area contributed by atoms with Gasteiger partial charge in [-0.05, 0) is 33.3 Å². The molecule has 0 amide bonds. The average Bonchev–Trinajstić information content (AvgIpc) is 3.23. The van der Waals surface area contributed by atoms with E-state index >= 15 is 0 Å². The zero-order chi connectivity index (χ0) is 19.1. The minimum absolute atomic E-state index is 0.154. The molecular weight excluding hydrogens is 344 g/mol. The van der Waals surface area contributed by atoms with Gasteiger partial charge in [-0.25, -0.2) is 0 Å². The molecule has 27 heavy (non-hydrogen) atoms. The van der Waals surface area contributed by atoms with Crippen LogP contribution in [0.15, 0.2) is 48.6 Å². The lowest BCUT2D eigenvalue weighted by Gasteiger charge is -2.26. The van der Waals surface area contributed by atoms with Crippen molar-refractivity contribution in [2.24, 2.45) is 0 Å². The molecule has 3 fully saturated rings. The van der Waals surface area contributed by atoms with Crippen molar-refractivity contribution in [3.8, 4) is 0 Å². The Morgan fingerprint density at radius 2 is 1.59 bits per heavy atom. The fourth-order valence-corrected chi connectivity index (χ4v) is 3.90. The van der Waals surface area contributed by atoms with Crippen molar-refractivity contribution in [1.82, 2.24) is 0 Å². The summed E-state index contributed by atoms with van der Waals surface area (Å²) in [5.74, 6) is -1.22. The smallest absolute Gasteiger partial charge is 0.164 e. The van der Waals surface area contributed by atoms with Crippen LogP contribution < -0.4 is 0 Å². The van der Waals surface area contributed by atoms with E-state index in [0.717, 1.165) is 5.56 Å². The van der Waals surface area contributed by atoms with E-state index in [2.05, 4.69) is 18.2 Å². The van der Waals surface area contributed by atoms with Crippen molar-refractivity contribution >= 4 is 6.08 Å². The largest absolute Gasteiger partial charge is 0.362 e. The molecule has 5 heteroatoms. The van der Waals surface area contributed by atoms with Crippen molar-refractivity contribution in [2.75, 3.05) is 6.61 Å². The summed E-state index contributed by atoms with van der Waals surface area (Å²) in [4.78, 5) is 0. The lowest BCUT2D eigenvalue weighted by atomic mass is 10.0. The number of ether oxygens (including phenoxy) is 5. The van der Waals surface area contributed by atoms with E-state index in [1.54, 1.807) is 0 Å². The molecule has 0 radical (unpaired) electrons. The zero-order valence-corrected chi connectivity index (χ0v) is 16.3. The summed E-state index contributed by atoms with van der Waals surface area (Å²) in [5.41, 5.74) is 1.16. The minimum Gasteiger partial charge on any atom is -0.362 e. The van der Waals surface area contributed by atoms with E-state index < -0.39 is 11.6 Å². The molecular formula is C22H28O5. The second-order valence-electron chi connectivity index (χ2n) is 8.15. The summed E-state index contributed by atoms with van der Waals surface area (Å²) < 4.78 is 30.3. The van der Waals surface area contributed by atoms with Crippen LogP contribution in [0, 0.1) is 0 Å². The van der Waals surface area contributed by atoms with E-state index in [-0.39, 0.29) is 30.5 Å². The lowest BCUT2D eigenvalue weighted by molar-refractivity contribution is -0.201. The van der Waals surface area contributed by atoms with Gasteiger partial charge in [0.25, 0.3) is 0 Å². The lowest BCUT2D eigenvalue weighted by Crippen LogP contribution is -2.40. The van der Waals surface area contributed by atoms with E-state index in [1.165, 1.54) is 0 Å². The number of benzene rings is 1. The Morgan fingerprint density at radius 3 is 2.30 bits per heavy atom. The monoisotopic (exact) mass is 372 g/mol. The highest BCUT2D eigenvalue weighted by Crippen LogP contribution is 2.42. The molecule has 0 spiro atoms. The second-order valence-corrected chi connectivity index (χ2v) is 8.15. The van der Waals surface area contributed by atoms with Crippen LogP contribution in [0.25, 0.3) is 6.08 Å². The van der Waals surface area contributed by atoms with Crippen LogP contribution in [-0.4, -0.2) is 48.7 Å². The first-order chi connectivity index (χ1) is 12.8. The highest BCUT2D eigenvalue weighted by Gasteiger charge is 2.58. The number of allylic oxidation sites excluding steroid dienone is 2. The van der Waals surface area contributed by atoms with Gasteiger partial charge in [-0.1, -0.05) is 54.6 Å². The van der Waals surface area contributed by atoms with E-state index in [4.69, 9.17) is 23.7 Å². The third-order valence-corrected chi connectivity index (χ3v) is 5.02. The van der Waals surface area contributed by atoms with Crippen LogP contribution >= 0.6 is 0 Å². The van der Waals surface area contributed by atoms with E-state index in [0.29, 0.717) is 6.61 Å². The van der Waals surface area contributed by atoms with Crippen LogP contribution in [0.3, 0.4) is 0 Å². The van der Waals surface area contributed by atoms with Gasteiger partial charge in [0, 0.05) is 0 Å². The fraction of sp³-hybridized carbons (Fsp3) is 0.545. The molecule has 1 aromatic rings. The maximum atomic E-state index is 6.28. The predicted molar refractivity (Wildman–Crippen MR) is 102 cm³/mol. The molecule has 3 heterocycles. The van der Waals surface area contributed by atoms with E-state index in [1.807, 2.05) is 64.1 Å². The first-order valence-corrected chi connectivity index (χ1v) is 9.56. The molecule has 5 nitrogen and oxygen atoms in total. The van der Waals surface area contributed by atoms with Gasteiger partial charge < -0.3 is 23.7 Å². The van der Waals surface area contributed by atoms with Gasteiger partial charge in [0.2, 0.25) is 0 Å². The topological polar surface area (TPSA) is 46.2 Å². The third kappa shape index (κ3) is 4.18. The number of hydrogen-bond donors (Lipinski definition) is 0. The molecule has 3 saturated heterocycles. The summed E-state index contributed by atoms with van der Waals surface area (Å²) in [6.07, 6.45) is 7.22. The third-order valence-electron chi connectivity index (χ3n) is 5.02. The van der Waals surface area contributed by atoms with Crippen molar-refractivity contribution in [3.63, 3.8) is 0 Å². The first kappa shape index (κ1) is 18.8. The zero-order valence-electron chi connectivity index (χ0n) is 16.3. The molecule has 0 aliphatic carbocycles. The molecule has 0 unspecified atom stereocenters. The van der Waals surface area contributed by atoms with Gasteiger partial charge in [0.1, 0.15) is 30.5 Å². The summed E-state index contributed by atoms with van der Waals surface area (Å²) >= 11 is 0. The number of hydrogen-bond acceptors (Lipinski definition) is 5. The normalized spacial score (nSPS) is 37.4. The van der Waals surface area contributed by atoms with Crippen molar-refractivity contribution in [2.45, 2.75) is 69.8 Å². The van der Waals surface area contributed by atoms with Crippen LogP contribution in [0.4, 0.5) is 0 Å². The standard InChI is InChI=1S/C22H28O5/c1-21(2)23-14-17(25-21)18-20-19(26-22(3,4)27-20)16(24-18)13-9-8-12-15-10-6-5-7-11-15/h5-13,16-20H,14H2,1-4H3/b12-8+,13-9+/t16-,17-,18-,19-,20+/m1/s1. The summed E-state index contributed by atoms with van der Waals surface area (Å²) in [6, 6.07) is 10.2. The fourth-order valence-electron chi connectivity index (χ4n) is 3.90. The quantitative estimate of drug-likeness (QED) is 0.754. The summed E-state index contributed by atoms with van der Waals surface area (Å²) in [6.45, 7) is 8.21. The van der Waals surface area contributed by atoms with Gasteiger partial charge in [-0.15, -0.1) is 0 Å². The summed E-state index contributed by atoms with van der Waals surface area (Å²) in [5, 5.41) is 0. The van der Waals surface area contributed by atoms with E-state index in [9.17, 15) is 0 Å². The summed E-state index contributed by atoms with van der Waals surface area (Å²) in [7, 11) is 0. The Hall–Kier alpha value is -1.50. The molecule has 0 aromatic heterocycles. The SMILES string of the molecule is CC1(C)O[C@@H]2[C@H](O1)[C@@H](/C=C/C=C/c1ccccc1)O[C@@H]2[C@H]1COC(C)(C)O1. The van der Waals surface area contributed by atoms with Gasteiger partial charge >= 0.3 is 0 Å². The Morgan fingerprint density at radius 1 is 0.852 bits per heavy atom. The highest BCUT2D eigenvalue weighted by atomic mass is 16.8. The second kappa shape index (κ2) is 7.15. The van der Waals surface area contributed by atoms with Gasteiger partial charge in [-0.2, -0.15) is 0 Å². The molecule has 0 bridgehead atoms. The molecule has 0 N–H and O–H groups in total. The van der Waals surface area contributed by atoms with Gasteiger partial charge in [0.05, 0.1) is 6.61 Å². The van der Waals surface area contributed by atoms with Crippen molar-refractivity contribution in [3.05, 3.63) is 54.1 Å². The number of rotatable bonds is 4. The average molecular weight is 372 g/mol. The molecule has 3 aliphatic heterocycles. The van der Waals surface area contributed by atoms with Gasteiger partial charge in [-0.3, -0.25) is 0 Å². The highest BCUT2D eigenvalue weighted by molar-refractivity contribution is 5.50. The maximum Gasteiger partial charge on any atom is 0.164 e. The molecule has 3 aliphatic rings. The van der Waals surface area contributed by atoms with Crippen LogP contribution in [-0.2, 0) is 23.7 Å². The van der Waals surface area contributed by atoms with Crippen LogP contribution in [0.2, 0.25) is 0 Å². The Bertz CT molecular complexity index is 709. The Kier molecular flexibility index (Phi) is 4.99. The van der Waals surface area contributed by atoms with Crippen LogP contribution in [0.5, 0.6) is 0 Å². The molecule has 5 atom stereocenters. The molecule has 4 rings (SSSR count). The molecule has 1 aromatic carbocycles. The Labute approximate surface area is 160 Å². The predicted octanol–water partition coefficient (Wildman–Crippen LogP) is 3.70. The van der Waals surface area contributed by atoms with Crippen molar-refractivity contribution in [1.29, 1.82) is 0 Å².